The Hall–Kier alpha value is -2.75. The van der Waals surface area contributed by atoms with Crippen molar-refractivity contribution in [2.24, 2.45) is 11.3 Å². The minimum atomic E-state index is -0.382. The molecule has 0 radical (unpaired) electrons. The van der Waals surface area contributed by atoms with Crippen LogP contribution in [-0.4, -0.2) is 60.1 Å². The Morgan fingerprint density at radius 2 is 2.21 bits per heavy atom. The molecule has 2 aromatic rings. The molecule has 2 unspecified atom stereocenters. The van der Waals surface area contributed by atoms with Gasteiger partial charge in [-0.05, 0) is 57.1 Å². The number of likely N-dealkylation sites (tertiary alicyclic amines) is 1. The molecule has 2 aliphatic rings. The number of amides is 1. The number of hydrogen-bond donors (Lipinski definition) is 1. The fourth-order valence-corrected chi connectivity index (χ4v) is 4.62. The number of benzene rings is 1. The molecule has 2 atom stereocenters. The van der Waals surface area contributed by atoms with Crippen LogP contribution >= 0.6 is 11.8 Å². The van der Waals surface area contributed by atoms with Gasteiger partial charge in [0.25, 0.3) is 5.88 Å². The van der Waals surface area contributed by atoms with Crippen molar-refractivity contribution in [1.82, 2.24) is 14.9 Å². The number of fused-ring (bicyclic) bond motifs is 1. The first kappa shape index (κ1) is 23.4. The molecular formula is C23H29FN4O4S. The van der Waals surface area contributed by atoms with Crippen LogP contribution in [0.15, 0.2) is 29.4 Å². The van der Waals surface area contributed by atoms with Gasteiger partial charge in [-0.25, -0.2) is 14.2 Å². The molecule has 1 aromatic carbocycles. The molecule has 1 saturated heterocycles. The van der Waals surface area contributed by atoms with Gasteiger partial charge in [-0.3, -0.25) is 0 Å². The average Bonchev–Trinajstić information content (AvgIpc) is 3.52. The molecule has 1 aromatic heterocycles. The third-order valence-corrected chi connectivity index (χ3v) is 6.90. The maximum absolute atomic E-state index is 14.4. The molecule has 1 saturated carbocycles. The summed E-state index contributed by atoms with van der Waals surface area (Å²) in [6, 6.07) is 4.96. The van der Waals surface area contributed by atoms with Gasteiger partial charge >= 0.3 is 6.09 Å². The van der Waals surface area contributed by atoms with Gasteiger partial charge < -0.3 is 24.4 Å². The van der Waals surface area contributed by atoms with Gasteiger partial charge in [0.1, 0.15) is 12.1 Å². The first-order valence-electron chi connectivity index (χ1n) is 10.9. The average molecular weight is 477 g/mol. The maximum Gasteiger partial charge on any atom is 0.410 e. The van der Waals surface area contributed by atoms with E-state index in [0.29, 0.717) is 43.1 Å². The Bertz CT molecular complexity index is 1020. The summed E-state index contributed by atoms with van der Waals surface area (Å²) in [6.45, 7) is 5.48. The number of hydrogen-bond acceptors (Lipinski definition) is 8. The lowest BCUT2D eigenvalue weighted by atomic mass is 9.96. The number of methoxy groups -OCH3 is 1. The van der Waals surface area contributed by atoms with Gasteiger partial charge in [-0.1, -0.05) is 0 Å². The van der Waals surface area contributed by atoms with Gasteiger partial charge in [-0.2, -0.15) is 4.98 Å². The molecule has 0 bridgehead atoms. The summed E-state index contributed by atoms with van der Waals surface area (Å²) in [6.07, 6.45) is 4.71. The van der Waals surface area contributed by atoms with Gasteiger partial charge in [0.05, 0.1) is 25.5 Å². The zero-order valence-corrected chi connectivity index (χ0v) is 20.1. The number of aromatic nitrogens is 2. The zero-order valence-electron chi connectivity index (χ0n) is 19.3. The van der Waals surface area contributed by atoms with E-state index in [2.05, 4.69) is 15.3 Å². The maximum atomic E-state index is 14.4. The fourth-order valence-electron chi connectivity index (χ4n) is 4.20. The highest BCUT2D eigenvalue weighted by molar-refractivity contribution is 7.98. The summed E-state index contributed by atoms with van der Waals surface area (Å²) in [4.78, 5) is 23.2. The molecule has 1 aliphatic heterocycles. The van der Waals surface area contributed by atoms with Crippen molar-refractivity contribution in [2.75, 3.05) is 38.4 Å². The number of carbonyl (C=O) groups is 1. The second kappa shape index (κ2) is 9.62. The van der Waals surface area contributed by atoms with Crippen LogP contribution in [0, 0.1) is 17.2 Å². The highest BCUT2D eigenvalue weighted by atomic mass is 32.2. The molecule has 10 heteroatoms. The van der Waals surface area contributed by atoms with Crippen molar-refractivity contribution in [2.45, 2.75) is 37.7 Å². The summed E-state index contributed by atoms with van der Waals surface area (Å²) >= 11 is 1.47. The Morgan fingerprint density at radius 1 is 1.39 bits per heavy atom. The van der Waals surface area contributed by atoms with Crippen LogP contribution in [0.25, 0.3) is 0 Å². The van der Waals surface area contributed by atoms with E-state index in [4.69, 9.17) is 14.2 Å². The molecule has 2 fully saturated rings. The van der Waals surface area contributed by atoms with Crippen LogP contribution in [0.2, 0.25) is 0 Å². The van der Waals surface area contributed by atoms with Gasteiger partial charge in [-0.15, -0.1) is 11.8 Å². The van der Waals surface area contributed by atoms with Crippen LogP contribution in [0.5, 0.6) is 11.6 Å². The third kappa shape index (κ3) is 5.10. The molecular weight excluding hydrogens is 447 g/mol. The van der Waals surface area contributed by atoms with Crippen molar-refractivity contribution in [3.8, 4) is 11.6 Å². The lowest BCUT2D eigenvalue weighted by Crippen LogP contribution is -2.41. The predicted octanol–water partition coefficient (Wildman–Crippen LogP) is 4.73. The third-order valence-electron chi connectivity index (χ3n) is 6.17. The molecule has 0 spiro atoms. The number of piperidine rings is 1. The summed E-state index contributed by atoms with van der Waals surface area (Å²) in [7, 11) is 1.50. The first-order valence-corrected chi connectivity index (χ1v) is 12.2. The lowest BCUT2D eigenvalue weighted by Gasteiger charge is -2.31. The smallest absolute Gasteiger partial charge is 0.410 e. The molecule has 2 heterocycles. The Morgan fingerprint density at radius 3 is 2.88 bits per heavy atom. The Balaban J connectivity index is 1.40. The van der Waals surface area contributed by atoms with Crippen molar-refractivity contribution >= 4 is 29.4 Å². The van der Waals surface area contributed by atoms with E-state index in [0.717, 1.165) is 17.7 Å². The van der Waals surface area contributed by atoms with Crippen LogP contribution in [0.3, 0.4) is 0 Å². The van der Waals surface area contributed by atoms with E-state index in [1.165, 1.54) is 31.3 Å². The minimum Gasteiger partial charge on any atom is -0.489 e. The number of thioether (sulfide) groups is 1. The van der Waals surface area contributed by atoms with E-state index < -0.39 is 0 Å². The number of ether oxygens (including phenoxy) is 3. The molecule has 33 heavy (non-hydrogen) atoms. The monoisotopic (exact) mass is 476 g/mol. The second-order valence-electron chi connectivity index (χ2n) is 8.71. The number of halogens is 1. The van der Waals surface area contributed by atoms with Gasteiger partial charge in [0.2, 0.25) is 5.75 Å². The number of nitrogens with one attached hydrogen (secondary N) is 1. The number of anilines is 2. The fraction of sp³-hybridized carbons (Fsp3) is 0.522. The largest absolute Gasteiger partial charge is 0.489 e. The van der Waals surface area contributed by atoms with Crippen LogP contribution in [0.4, 0.5) is 20.7 Å². The highest BCUT2D eigenvalue weighted by Crippen LogP contribution is 2.58. The Labute approximate surface area is 197 Å². The Kier molecular flexibility index (Phi) is 6.83. The molecule has 1 N–H and O–H groups in total. The normalized spacial score (nSPS) is 21.4. The summed E-state index contributed by atoms with van der Waals surface area (Å²) in [5.41, 5.74) is 0.315. The van der Waals surface area contributed by atoms with E-state index in [9.17, 15) is 9.18 Å². The van der Waals surface area contributed by atoms with Gasteiger partial charge in [0, 0.05) is 23.4 Å². The van der Waals surface area contributed by atoms with E-state index in [1.807, 2.05) is 26.2 Å². The van der Waals surface area contributed by atoms with Crippen molar-refractivity contribution in [3.05, 3.63) is 30.3 Å². The topological polar surface area (TPSA) is 85.8 Å². The van der Waals surface area contributed by atoms with Crippen LogP contribution in [-0.2, 0) is 4.74 Å². The number of nitrogens with zero attached hydrogens (tertiary/aromatic N) is 3. The summed E-state index contributed by atoms with van der Waals surface area (Å²) in [5.74, 6) is 0.942. The molecule has 8 nitrogen and oxygen atoms in total. The standard InChI is InChI=1S/C23H29FN4O4S/c1-14(2)32-22(29)28-8-7-23(10-15(23)11-28)12-31-21-19(30-3)20(25-13-26-21)27-18-6-5-16(33-4)9-17(18)24/h5-6,9,13-15H,7-8,10-12H2,1-4H3,(H,25,26,27). The SMILES string of the molecule is COc1c(Nc2ccc(SC)cc2F)ncnc1OCC12CCN(C(=O)OC(C)C)CC1C2. The number of rotatable bonds is 8. The van der Waals surface area contributed by atoms with Crippen molar-refractivity contribution in [1.29, 1.82) is 0 Å². The quantitative estimate of drug-likeness (QED) is 0.548. The molecule has 1 amide bonds. The minimum absolute atomic E-state index is 0.0257. The predicted molar refractivity (Wildman–Crippen MR) is 124 cm³/mol. The van der Waals surface area contributed by atoms with Crippen LogP contribution in [0.1, 0.15) is 26.7 Å². The number of carbonyl (C=O) groups excluding carboxylic acids is 1. The van der Waals surface area contributed by atoms with Crippen molar-refractivity contribution in [3.63, 3.8) is 0 Å². The van der Waals surface area contributed by atoms with Gasteiger partial charge in [0.15, 0.2) is 5.82 Å². The van der Waals surface area contributed by atoms with E-state index >= 15 is 0 Å². The zero-order chi connectivity index (χ0) is 23.6. The second-order valence-corrected chi connectivity index (χ2v) is 9.59. The molecule has 4 rings (SSSR count). The molecule has 178 valence electrons. The van der Waals surface area contributed by atoms with Crippen LogP contribution < -0.4 is 14.8 Å². The lowest BCUT2D eigenvalue weighted by molar-refractivity contribution is 0.0585. The molecule has 1 aliphatic carbocycles. The van der Waals surface area contributed by atoms with E-state index in [-0.39, 0.29) is 29.1 Å². The van der Waals surface area contributed by atoms with Crippen molar-refractivity contribution < 1.29 is 23.4 Å². The van der Waals surface area contributed by atoms with E-state index in [1.54, 1.807) is 11.0 Å². The summed E-state index contributed by atoms with van der Waals surface area (Å²) in [5, 5.41) is 2.98. The summed E-state index contributed by atoms with van der Waals surface area (Å²) < 4.78 is 31.3. The first-order chi connectivity index (χ1) is 15.8. The highest BCUT2D eigenvalue weighted by Gasteiger charge is 2.58.